The molecule has 2 aromatic rings. The summed E-state index contributed by atoms with van der Waals surface area (Å²) in [4.78, 5) is 40.9. The molecule has 2 saturated heterocycles. The third kappa shape index (κ3) is 2.95. The summed E-state index contributed by atoms with van der Waals surface area (Å²) in [7, 11) is 0. The van der Waals surface area contributed by atoms with Gasteiger partial charge in [-0.1, -0.05) is 18.2 Å². The minimum Gasteiger partial charge on any atom is -0.462 e. The molecule has 7 heteroatoms. The number of carbonyl (C=O) groups excluding carboxylic acids is 3. The number of ether oxygens (including phenoxy) is 1. The van der Waals surface area contributed by atoms with Crippen LogP contribution in [0, 0.1) is 5.92 Å². The number of carbonyl (C=O) groups is 3. The van der Waals surface area contributed by atoms with Gasteiger partial charge in [0.1, 0.15) is 5.54 Å². The Morgan fingerprint density at radius 2 is 1.97 bits per heavy atom. The van der Waals surface area contributed by atoms with Crippen molar-refractivity contribution in [3.63, 3.8) is 0 Å². The first-order chi connectivity index (χ1) is 15.1. The number of fused-ring (bicyclic) bond motifs is 4. The van der Waals surface area contributed by atoms with Gasteiger partial charge in [0.05, 0.1) is 18.1 Å². The lowest BCUT2D eigenvalue weighted by molar-refractivity contribution is -0.135. The number of anilines is 2. The number of rotatable bonds is 4. The van der Waals surface area contributed by atoms with E-state index in [1.165, 1.54) is 0 Å². The van der Waals surface area contributed by atoms with Crippen LogP contribution in [-0.4, -0.2) is 41.9 Å². The molecule has 3 aliphatic heterocycles. The lowest BCUT2D eigenvalue weighted by atomic mass is 9.78. The molecule has 2 amide bonds. The minimum atomic E-state index is -0.966. The minimum absolute atomic E-state index is 0.115. The summed E-state index contributed by atoms with van der Waals surface area (Å²) >= 11 is 0. The number of nitrogens with zero attached hydrogens (tertiary/aromatic N) is 1. The zero-order valence-electron chi connectivity index (χ0n) is 17.4. The first-order valence-corrected chi connectivity index (χ1v) is 10.8. The number of amides is 2. The molecule has 0 aliphatic carbocycles. The summed E-state index contributed by atoms with van der Waals surface area (Å²) in [6.07, 6.45) is 2.68. The molecule has 0 aromatic heterocycles. The summed E-state index contributed by atoms with van der Waals surface area (Å²) in [5, 5.41) is 5.99. The molecule has 0 radical (unpaired) electrons. The van der Waals surface area contributed by atoms with Crippen LogP contribution in [0.2, 0.25) is 0 Å². The van der Waals surface area contributed by atoms with E-state index in [-0.39, 0.29) is 17.9 Å². The largest absolute Gasteiger partial charge is 0.462 e. The lowest BCUT2D eigenvalue weighted by Crippen LogP contribution is -2.53. The summed E-state index contributed by atoms with van der Waals surface area (Å²) in [5.41, 5.74) is 1.74. The van der Waals surface area contributed by atoms with E-state index >= 15 is 0 Å². The highest BCUT2D eigenvalue weighted by atomic mass is 16.5. The van der Waals surface area contributed by atoms with Crippen molar-refractivity contribution in [2.75, 3.05) is 23.8 Å². The second-order valence-corrected chi connectivity index (χ2v) is 8.33. The fourth-order valence-electron chi connectivity index (χ4n) is 5.51. The molecule has 2 fully saturated rings. The first-order valence-electron chi connectivity index (χ1n) is 10.8. The molecular weight excluding hydrogens is 394 g/mol. The van der Waals surface area contributed by atoms with Crippen LogP contribution in [0.3, 0.4) is 0 Å². The smallest absolute Gasteiger partial charge is 0.338 e. The number of hydrogen-bond donors (Lipinski definition) is 2. The number of esters is 1. The zero-order valence-corrected chi connectivity index (χ0v) is 17.4. The highest BCUT2D eigenvalue weighted by molar-refractivity contribution is 6.10. The van der Waals surface area contributed by atoms with Crippen molar-refractivity contribution in [3.8, 4) is 0 Å². The fourth-order valence-corrected chi connectivity index (χ4v) is 5.51. The lowest BCUT2D eigenvalue weighted by Gasteiger charge is -2.36. The maximum atomic E-state index is 13.5. The van der Waals surface area contributed by atoms with Crippen molar-refractivity contribution < 1.29 is 19.1 Å². The molecule has 7 nitrogen and oxygen atoms in total. The molecule has 0 bridgehead atoms. The van der Waals surface area contributed by atoms with E-state index in [4.69, 9.17) is 4.74 Å². The molecule has 3 atom stereocenters. The Balaban J connectivity index is 1.45. The third-order valence-electron chi connectivity index (χ3n) is 6.75. The maximum Gasteiger partial charge on any atom is 0.338 e. The molecule has 3 heterocycles. The van der Waals surface area contributed by atoms with E-state index in [1.807, 2.05) is 24.3 Å². The molecule has 3 aliphatic rings. The monoisotopic (exact) mass is 419 g/mol. The van der Waals surface area contributed by atoms with E-state index in [1.54, 1.807) is 31.2 Å². The van der Waals surface area contributed by atoms with Gasteiger partial charge in [-0.2, -0.15) is 0 Å². The summed E-state index contributed by atoms with van der Waals surface area (Å²) < 4.78 is 5.00. The summed E-state index contributed by atoms with van der Waals surface area (Å²) in [6, 6.07) is 14.5. The van der Waals surface area contributed by atoms with Gasteiger partial charge in [0, 0.05) is 23.0 Å². The Bertz CT molecular complexity index is 1050. The SMILES string of the molecule is CCOC(=O)c1ccc(NC(=O)[C@H]2C[C@@H]3CCCN3[C@]23C(=O)Nc2ccccc23)cc1. The Morgan fingerprint density at radius 1 is 1.19 bits per heavy atom. The topological polar surface area (TPSA) is 87.7 Å². The molecule has 1 spiro atoms. The van der Waals surface area contributed by atoms with Crippen molar-refractivity contribution in [2.24, 2.45) is 5.92 Å². The number of hydrogen-bond acceptors (Lipinski definition) is 5. The van der Waals surface area contributed by atoms with Gasteiger partial charge in [-0.3, -0.25) is 14.5 Å². The molecule has 160 valence electrons. The first kappa shape index (κ1) is 19.8. The second-order valence-electron chi connectivity index (χ2n) is 8.33. The molecule has 0 saturated carbocycles. The van der Waals surface area contributed by atoms with Crippen LogP contribution in [0.4, 0.5) is 11.4 Å². The van der Waals surface area contributed by atoms with Gasteiger partial charge < -0.3 is 15.4 Å². The highest BCUT2D eigenvalue weighted by Gasteiger charge is 2.65. The Labute approximate surface area is 180 Å². The average molecular weight is 419 g/mol. The summed E-state index contributed by atoms with van der Waals surface area (Å²) in [5.74, 6) is -1.18. The van der Waals surface area contributed by atoms with Crippen LogP contribution in [0.15, 0.2) is 48.5 Å². The molecule has 2 aromatic carbocycles. The predicted molar refractivity (Wildman–Crippen MR) is 116 cm³/mol. The number of nitrogens with one attached hydrogen (secondary N) is 2. The van der Waals surface area contributed by atoms with Crippen LogP contribution in [0.1, 0.15) is 42.1 Å². The quantitative estimate of drug-likeness (QED) is 0.744. The van der Waals surface area contributed by atoms with Crippen molar-refractivity contribution in [2.45, 2.75) is 37.8 Å². The third-order valence-corrected chi connectivity index (χ3v) is 6.75. The normalized spacial score (nSPS) is 26.4. The Kier molecular flexibility index (Phi) is 4.78. The molecule has 2 N–H and O–H groups in total. The van der Waals surface area contributed by atoms with Gasteiger partial charge in [0.15, 0.2) is 0 Å². The van der Waals surface area contributed by atoms with Crippen LogP contribution >= 0.6 is 0 Å². The van der Waals surface area contributed by atoms with Crippen LogP contribution in [-0.2, 0) is 19.9 Å². The van der Waals surface area contributed by atoms with E-state index < -0.39 is 17.4 Å². The van der Waals surface area contributed by atoms with Gasteiger partial charge >= 0.3 is 5.97 Å². The van der Waals surface area contributed by atoms with Crippen molar-refractivity contribution in [1.82, 2.24) is 4.90 Å². The zero-order chi connectivity index (χ0) is 21.6. The fraction of sp³-hybridized carbons (Fsp3) is 0.375. The van der Waals surface area contributed by atoms with Crippen molar-refractivity contribution in [3.05, 3.63) is 59.7 Å². The predicted octanol–water partition coefficient (Wildman–Crippen LogP) is 3.13. The van der Waals surface area contributed by atoms with E-state index in [9.17, 15) is 14.4 Å². The van der Waals surface area contributed by atoms with E-state index in [0.29, 0.717) is 24.3 Å². The molecular formula is C24H25N3O4. The standard InChI is InChI=1S/C24H25N3O4/c1-2-31-22(29)15-9-11-16(12-10-15)25-21(28)19-14-17-6-5-13-27(17)24(19)18-7-3-4-8-20(18)26-23(24)30/h3-4,7-12,17,19H,2,5-6,13-14H2,1H3,(H,25,28)(H,26,30)/t17-,19+,24-/m0/s1. The summed E-state index contributed by atoms with van der Waals surface area (Å²) in [6.45, 7) is 2.87. The van der Waals surface area contributed by atoms with E-state index in [0.717, 1.165) is 30.6 Å². The van der Waals surface area contributed by atoms with Crippen LogP contribution in [0.5, 0.6) is 0 Å². The van der Waals surface area contributed by atoms with E-state index in [2.05, 4.69) is 15.5 Å². The van der Waals surface area contributed by atoms with Gasteiger partial charge in [-0.15, -0.1) is 0 Å². The van der Waals surface area contributed by atoms with Gasteiger partial charge in [0.25, 0.3) is 0 Å². The average Bonchev–Trinajstić information content (AvgIpc) is 3.43. The number of para-hydroxylation sites is 1. The van der Waals surface area contributed by atoms with Gasteiger partial charge in [0.2, 0.25) is 11.8 Å². The van der Waals surface area contributed by atoms with Gasteiger partial charge in [-0.25, -0.2) is 4.79 Å². The number of benzene rings is 2. The van der Waals surface area contributed by atoms with Crippen molar-refractivity contribution in [1.29, 1.82) is 0 Å². The molecule has 5 rings (SSSR count). The Morgan fingerprint density at radius 3 is 2.74 bits per heavy atom. The molecule has 31 heavy (non-hydrogen) atoms. The van der Waals surface area contributed by atoms with Crippen LogP contribution in [0.25, 0.3) is 0 Å². The molecule has 0 unspecified atom stereocenters. The highest BCUT2D eigenvalue weighted by Crippen LogP contribution is 2.55. The Hall–Kier alpha value is -3.19. The van der Waals surface area contributed by atoms with Crippen LogP contribution < -0.4 is 10.6 Å². The maximum absolute atomic E-state index is 13.5. The van der Waals surface area contributed by atoms with Gasteiger partial charge in [-0.05, 0) is 63.1 Å². The van der Waals surface area contributed by atoms with Crippen molar-refractivity contribution >= 4 is 29.2 Å². The second kappa shape index (κ2) is 7.50.